The van der Waals surface area contributed by atoms with E-state index in [1.54, 1.807) is 0 Å². The molecule has 1 aromatic heterocycles. The summed E-state index contributed by atoms with van der Waals surface area (Å²) in [5.74, 6) is 1.63. The molecule has 4 atom stereocenters. The minimum Gasteiger partial charge on any atom is -0.361 e. The first-order valence-corrected chi connectivity index (χ1v) is 10.8. The Balaban J connectivity index is 1.41. The molecule has 3 fully saturated rings. The van der Waals surface area contributed by atoms with Gasteiger partial charge in [-0.05, 0) is 62.9 Å². The van der Waals surface area contributed by atoms with Crippen molar-refractivity contribution in [2.45, 2.75) is 44.3 Å². The molecule has 1 aromatic carbocycles. The van der Waals surface area contributed by atoms with Gasteiger partial charge in [-0.2, -0.15) is 0 Å². The first-order valence-electron chi connectivity index (χ1n) is 10.8. The van der Waals surface area contributed by atoms with Crippen molar-refractivity contribution >= 4 is 16.8 Å². The van der Waals surface area contributed by atoms with E-state index in [2.05, 4.69) is 58.0 Å². The zero-order valence-electron chi connectivity index (χ0n) is 17.1. The van der Waals surface area contributed by atoms with Crippen LogP contribution in [0.5, 0.6) is 0 Å². The predicted molar refractivity (Wildman–Crippen MR) is 112 cm³/mol. The van der Waals surface area contributed by atoms with Gasteiger partial charge in [0.1, 0.15) is 0 Å². The Morgan fingerprint density at radius 3 is 2.89 bits per heavy atom. The van der Waals surface area contributed by atoms with Gasteiger partial charge in [0.25, 0.3) is 0 Å². The third-order valence-electron chi connectivity index (χ3n) is 7.20. The second-order valence-electron chi connectivity index (χ2n) is 9.40. The maximum Gasteiger partial charge on any atom is 0.223 e. The predicted octanol–water partition coefficient (Wildman–Crippen LogP) is 2.93. The van der Waals surface area contributed by atoms with Gasteiger partial charge in [-0.1, -0.05) is 12.1 Å². The highest BCUT2D eigenvalue weighted by atomic mass is 16.2. The Hall–Kier alpha value is -1.85. The van der Waals surface area contributed by atoms with Crippen molar-refractivity contribution < 1.29 is 4.79 Å². The van der Waals surface area contributed by atoms with Crippen LogP contribution in [0.4, 0.5) is 0 Å². The number of fused-ring (bicyclic) bond motifs is 5. The molecule has 150 valence electrons. The normalized spacial score (nSPS) is 30.8. The minimum absolute atomic E-state index is 0.370. The van der Waals surface area contributed by atoms with E-state index in [4.69, 9.17) is 0 Å². The number of hydrogen-bond donors (Lipinski definition) is 1. The molecule has 1 N–H and O–H groups in total. The number of likely N-dealkylation sites (tertiary alicyclic amines) is 1. The topological polar surface area (TPSA) is 42.6 Å². The van der Waals surface area contributed by atoms with Crippen molar-refractivity contribution in [3.8, 4) is 0 Å². The number of hydrogen-bond acceptors (Lipinski definition) is 3. The van der Waals surface area contributed by atoms with Crippen LogP contribution in [-0.4, -0.2) is 71.4 Å². The molecule has 0 spiro atoms. The second kappa shape index (κ2) is 7.20. The number of nitrogens with one attached hydrogen (secondary N) is 1. The summed E-state index contributed by atoms with van der Waals surface area (Å²) in [5, 5.41) is 1.34. The van der Waals surface area contributed by atoms with Crippen LogP contribution in [-0.2, 0) is 11.3 Å². The van der Waals surface area contributed by atoms with Crippen molar-refractivity contribution in [1.29, 1.82) is 0 Å². The van der Waals surface area contributed by atoms with Crippen LogP contribution in [0.3, 0.4) is 0 Å². The second-order valence-corrected chi connectivity index (χ2v) is 9.40. The fraction of sp³-hybridized carbons (Fsp3) is 0.609. The quantitative estimate of drug-likeness (QED) is 0.887. The molecular formula is C23H32N4O. The van der Waals surface area contributed by atoms with Crippen molar-refractivity contribution in [2.24, 2.45) is 11.8 Å². The molecule has 2 aromatic rings. The van der Waals surface area contributed by atoms with Gasteiger partial charge in [0.15, 0.2) is 0 Å². The Morgan fingerprint density at radius 1 is 1.18 bits per heavy atom. The number of piperidine rings is 3. The minimum atomic E-state index is 0.370. The zero-order valence-corrected chi connectivity index (χ0v) is 17.1. The number of benzene rings is 1. The lowest BCUT2D eigenvalue weighted by molar-refractivity contribution is -0.153. The summed E-state index contributed by atoms with van der Waals surface area (Å²) >= 11 is 0. The molecule has 3 aliphatic rings. The molecule has 0 aliphatic carbocycles. The fourth-order valence-corrected chi connectivity index (χ4v) is 6.14. The van der Waals surface area contributed by atoms with Crippen molar-refractivity contribution in [3.05, 3.63) is 36.0 Å². The molecule has 4 heterocycles. The number of aromatic nitrogens is 1. The van der Waals surface area contributed by atoms with E-state index < -0.39 is 0 Å². The SMILES string of the molecule is CN(C)C[C@H]1[C@H]2C[C@H](CN(Cc3cccc4[nH]ccc34)C2)[C@@H]2CCCC(=O)N21. The number of nitrogens with zero attached hydrogens (tertiary/aromatic N) is 3. The Bertz CT molecular complexity index is 859. The number of amides is 1. The molecule has 5 heteroatoms. The Kier molecular flexibility index (Phi) is 4.68. The maximum atomic E-state index is 12.8. The van der Waals surface area contributed by atoms with Gasteiger partial charge in [0, 0.05) is 61.8 Å². The first kappa shape index (κ1) is 18.2. The molecule has 3 saturated heterocycles. The van der Waals surface area contributed by atoms with Gasteiger partial charge in [-0.3, -0.25) is 9.69 Å². The molecule has 5 nitrogen and oxygen atoms in total. The van der Waals surface area contributed by atoms with Crippen LogP contribution < -0.4 is 0 Å². The van der Waals surface area contributed by atoms with E-state index >= 15 is 0 Å². The van der Waals surface area contributed by atoms with Gasteiger partial charge < -0.3 is 14.8 Å². The highest BCUT2D eigenvalue weighted by Crippen LogP contribution is 2.42. The number of rotatable bonds is 4. The number of carbonyl (C=O) groups is 1. The zero-order chi connectivity index (χ0) is 19.3. The van der Waals surface area contributed by atoms with Crippen LogP contribution >= 0.6 is 0 Å². The van der Waals surface area contributed by atoms with Gasteiger partial charge in [0.05, 0.1) is 0 Å². The number of carbonyl (C=O) groups excluding carboxylic acids is 1. The fourth-order valence-electron chi connectivity index (χ4n) is 6.14. The van der Waals surface area contributed by atoms with Crippen LogP contribution in [0.25, 0.3) is 10.9 Å². The summed E-state index contributed by atoms with van der Waals surface area (Å²) in [4.78, 5) is 23.4. The van der Waals surface area contributed by atoms with E-state index in [1.807, 2.05) is 6.20 Å². The molecule has 0 radical (unpaired) electrons. The van der Waals surface area contributed by atoms with E-state index in [-0.39, 0.29) is 0 Å². The average Bonchev–Trinajstić information content (AvgIpc) is 3.15. The van der Waals surface area contributed by atoms with E-state index in [1.165, 1.54) is 29.3 Å². The summed E-state index contributed by atoms with van der Waals surface area (Å²) in [6.45, 7) is 4.23. The molecule has 5 rings (SSSR count). The lowest BCUT2D eigenvalue weighted by Gasteiger charge is -2.57. The number of H-pyrrole nitrogens is 1. The van der Waals surface area contributed by atoms with Gasteiger partial charge >= 0.3 is 0 Å². The standard InChI is InChI=1S/C23H32N4O/c1-25(2)15-22-18-11-17(21-7-4-8-23(28)27(21)22)13-26(14-18)12-16-5-3-6-20-19(16)9-10-24-20/h3,5-6,9-10,17-18,21-22,24H,4,7-8,11-15H2,1-2H3/t17-,18+,21+,22+/m1/s1. The molecule has 28 heavy (non-hydrogen) atoms. The van der Waals surface area contributed by atoms with E-state index in [0.29, 0.717) is 29.8 Å². The Labute approximate surface area is 167 Å². The summed E-state index contributed by atoms with van der Waals surface area (Å²) in [6.07, 6.45) is 6.33. The Morgan fingerprint density at radius 2 is 2.04 bits per heavy atom. The van der Waals surface area contributed by atoms with Gasteiger partial charge in [-0.15, -0.1) is 0 Å². The van der Waals surface area contributed by atoms with E-state index in [9.17, 15) is 4.79 Å². The molecule has 2 bridgehead atoms. The molecule has 0 saturated carbocycles. The molecular weight excluding hydrogens is 348 g/mol. The van der Waals surface area contributed by atoms with Crippen molar-refractivity contribution in [1.82, 2.24) is 19.7 Å². The average molecular weight is 381 g/mol. The summed E-state index contributed by atoms with van der Waals surface area (Å²) < 4.78 is 0. The van der Waals surface area contributed by atoms with Crippen LogP contribution in [0.2, 0.25) is 0 Å². The smallest absolute Gasteiger partial charge is 0.223 e. The molecule has 3 aliphatic heterocycles. The van der Waals surface area contributed by atoms with Gasteiger partial charge in [-0.25, -0.2) is 0 Å². The third-order valence-corrected chi connectivity index (χ3v) is 7.20. The first-order chi connectivity index (χ1) is 13.6. The van der Waals surface area contributed by atoms with Crippen LogP contribution in [0, 0.1) is 11.8 Å². The van der Waals surface area contributed by atoms with Crippen LogP contribution in [0.1, 0.15) is 31.2 Å². The highest BCUT2D eigenvalue weighted by molar-refractivity contribution is 5.82. The summed E-state index contributed by atoms with van der Waals surface area (Å²) in [7, 11) is 4.28. The summed E-state index contributed by atoms with van der Waals surface area (Å²) in [5.41, 5.74) is 2.64. The van der Waals surface area contributed by atoms with Crippen LogP contribution in [0.15, 0.2) is 30.5 Å². The molecule has 1 amide bonds. The monoisotopic (exact) mass is 380 g/mol. The lowest BCUT2D eigenvalue weighted by atomic mass is 9.72. The van der Waals surface area contributed by atoms with Gasteiger partial charge in [0.2, 0.25) is 5.91 Å². The van der Waals surface area contributed by atoms with E-state index in [0.717, 1.165) is 39.0 Å². The number of aromatic amines is 1. The number of likely N-dealkylation sites (N-methyl/N-ethyl adjacent to an activating group) is 1. The lowest BCUT2D eigenvalue weighted by Crippen LogP contribution is -2.66. The maximum absolute atomic E-state index is 12.8. The molecule has 0 unspecified atom stereocenters. The summed E-state index contributed by atoms with van der Waals surface area (Å²) in [6, 6.07) is 9.61. The van der Waals surface area contributed by atoms with Crippen molar-refractivity contribution in [3.63, 3.8) is 0 Å². The highest BCUT2D eigenvalue weighted by Gasteiger charge is 2.49. The largest absolute Gasteiger partial charge is 0.361 e. The third kappa shape index (κ3) is 3.15. The van der Waals surface area contributed by atoms with Crippen molar-refractivity contribution in [2.75, 3.05) is 33.7 Å².